The lowest BCUT2D eigenvalue weighted by Crippen LogP contribution is -2.27. The van der Waals surface area contributed by atoms with Gasteiger partial charge in [-0.2, -0.15) is 11.8 Å². The molecule has 1 N–H and O–H groups in total. The zero-order chi connectivity index (χ0) is 14.0. The molecule has 0 saturated heterocycles. The van der Waals surface area contributed by atoms with Gasteiger partial charge in [0.25, 0.3) is 0 Å². The standard InChI is InChI=1S/C11H13Cl2NOS.C2H6/c1-16-5-4-14-11(15)7-8-2-3-9(12)10(13)6-8;1-2/h2-3,6H,4-5,7H2,1H3,(H,14,15);1-2H3. The molecule has 0 fully saturated rings. The van der Waals surface area contributed by atoms with Gasteiger partial charge in [0.05, 0.1) is 16.5 Å². The lowest BCUT2D eigenvalue weighted by atomic mass is 10.1. The minimum atomic E-state index is 0.00689. The number of hydrogen-bond acceptors (Lipinski definition) is 2. The monoisotopic (exact) mass is 307 g/mol. The van der Waals surface area contributed by atoms with E-state index in [1.807, 2.05) is 26.2 Å². The van der Waals surface area contributed by atoms with Crippen molar-refractivity contribution in [2.45, 2.75) is 20.3 Å². The first-order valence-corrected chi connectivity index (χ1v) is 7.98. The molecule has 0 spiro atoms. The third-order valence-corrected chi connectivity index (χ3v) is 3.33. The van der Waals surface area contributed by atoms with Gasteiger partial charge < -0.3 is 5.32 Å². The smallest absolute Gasteiger partial charge is 0.224 e. The van der Waals surface area contributed by atoms with Gasteiger partial charge in [-0.05, 0) is 24.0 Å². The number of hydrogen-bond donors (Lipinski definition) is 1. The maximum atomic E-state index is 11.5. The van der Waals surface area contributed by atoms with Gasteiger partial charge in [-0.15, -0.1) is 0 Å². The van der Waals surface area contributed by atoms with Crippen molar-refractivity contribution in [3.63, 3.8) is 0 Å². The van der Waals surface area contributed by atoms with Gasteiger partial charge in [0, 0.05) is 12.3 Å². The zero-order valence-corrected chi connectivity index (χ0v) is 13.3. The fourth-order valence-electron chi connectivity index (χ4n) is 1.19. The van der Waals surface area contributed by atoms with Crippen LogP contribution in [0.1, 0.15) is 19.4 Å². The van der Waals surface area contributed by atoms with Crippen molar-refractivity contribution in [2.24, 2.45) is 0 Å². The molecular weight excluding hydrogens is 289 g/mol. The van der Waals surface area contributed by atoms with Crippen molar-refractivity contribution >= 4 is 40.9 Å². The van der Waals surface area contributed by atoms with Gasteiger partial charge in [0.1, 0.15) is 0 Å². The second-order valence-corrected chi connectivity index (χ2v) is 5.07. The average molecular weight is 308 g/mol. The van der Waals surface area contributed by atoms with Crippen LogP contribution in [0.2, 0.25) is 10.0 Å². The first kappa shape index (κ1) is 17.6. The summed E-state index contributed by atoms with van der Waals surface area (Å²) in [6.45, 7) is 4.70. The Hall–Kier alpha value is -0.380. The van der Waals surface area contributed by atoms with Crippen LogP contribution in [-0.4, -0.2) is 24.5 Å². The molecule has 1 aromatic carbocycles. The van der Waals surface area contributed by atoms with Gasteiger partial charge in [0.2, 0.25) is 5.91 Å². The van der Waals surface area contributed by atoms with Crippen molar-refractivity contribution < 1.29 is 4.79 Å². The van der Waals surface area contributed by atoms with E-state index in [0.29, 0.717) is 23.0 Å². The highest BCUT2D eigenvalue weighted by Crippen LogP contribution is 2.22. The molecule has 0 bridgehead atoms. The fraction of sp³-hybridized carbons (Fsp3) is 0.462. The summed E-state index contributed by atoms with van der Waals surface area (Å²) in [5, 5.41) is 3.82. The molecule has 2 nitrogen and oxygen atoms in total. The van der Waals surface area contributed by atoms with Crippen LogP contribution in [0.4, 0.5) is 0 Å². The molecule has 0 unspecified atom stereocenters. The summed E-state index contributed by atoms with van der Waals surface area (Å²) >= 11 is 13.3. The highest BCUT2D eigenvalue weighted by atomic mass is 35.5. The van der Waals surface area contributed by atoms with Crippen LogP contribution in [0.3, 0.4) is 0 Å². The highest BCUT2D eigenvalue weighted by Gasteiger charge is 2.04. The molecule has 5 heteroatoms. The number of carbonyl (C=O) groups excluding carboxylic acids is 1. The number of nitrogens with one attached hydrogen (secondary N) is 1. The van der Waals surface area contributed by atoms with E-state index in [1.165, 1.54) is 0 Å². The molecular formula is C13H19Cl2NOS. The Balaban J connectivity index is 0.00000137. The molecule has 1 aromatic rings. The van der Waals surface area contributed by atoms with Crippen LogP contribution >= 0.6 is 35.0 Å². The molecule has 0 aromatic heterocycles. The lowest BCUT2D eigenvalue weighted by molar-refractivity contribution is -0.120. The van der Waals surface area contributed by atoms with E-state index < -0.39 is 0 Å². The van der Waals surface area contributed by atoms with E-state index in [-0.39, 0.29) is 5.91 Å². The number of amides is 1. The summed E-state index contributed by atoms with van der Waals surface area (Å²) in [6.07, 6.45) is 2.34. The summed E-state index contributed by atoms with van der Waals surface area (Å²) in [5.74, 6) is 0.931. The number of thioether (sulfide) groups is 1. The number of rotatable bonds is 5. The van der Waals surface area contributed by atoms with Crippen LogP contribution in [0.25, 0.3) is 0 Å². The summed E-state index contributed by atoms with van der Waals surface area (Å²) < 4.78 is 0. The van der Waals surface area contributed by atoms with Crippen LogP contribution in [0, 0.1) is 0 Å². The fourth-order valence-corrected chi connectivity index (χ4v) is 1.82. The maximum Gasteiger partial charge on any atom is 0.224 e. The highest BCUT2D eigenvalue weighted by molar-refractivity contribution is 7.98. The second kappa shape index (κ2) is 10.5. The minimum absolute atomic E-state index is 0.00689. The largest absolute Gasteiger partial charge is 0.355 e. The van der Waals surface area contributed by atoms with E-state index in [0.717, 1.165) is 11.3 Å². The molecule has 0 aliphatic rings. The van der Waals surface area contributed by atoms with E-state index in [2.05, 4.69) is 5.32 Å². The van der Waals surface area contributed by atoms with Crippen molar-refractivity contribution in [3.8, 4) is 0 Å². The van der Waals surface area contributed by atoms with Gasteiger partial charge in [-0.25, -0.2) is 0 Å². The predicted octanol–water partition coefficient (Wildman–Crippen LogP) is 4.04. The quantitative estimate of drug-likeness (QED) is 0.832. The molecule has 102 valence electrons. The molecule has 18 heavy (non-hydrogen) atoms. The van der Waals surface area contributed by atoms with Crippen LogP contribution in [-0.2, 0) is 11.2 Å². The molecule has 1 rings (SSSR count). The molecule has 0 radical (unpaired) electrons. The Labute approximate surface area is 123 Å². The van der Waals surface area contributed by atoms with Gasteiger partial charge in [-0.3, -0.25) is 4.79 Å². The topological polar surface area (TPSA) is 29.1 Å². The van der Waals surface area contributed by atoms with E-state index in [9.17, 15) is 4.79 Å². The molecule has 1 amide bonds. The Morgan fingerprint density at radius 1 is 1.28 bits per heavy atom. The Morgan fingerprint density at radius 3 is 2.50 bits per heavy atom. The first-order chi connectivity index (χ1) is 8.63. The van der Waals surface area contributed by atoms with Gasteiger partial charge in [0.15, 0.2) is 0 Å². The van der Waals surface area contributed by atoms with E-state index in [1.54, 1.807) is 23.9 Å². The third-order valence-electron chi connectivity index (χ3n) is 1.98. The van der Waals surface area contributed by atoms with Gasteiger partial charge >= 0.3 is 0 Å². The van der Waals surface area contributed by atoms with Crippen molar-refractivity contribution in [1.82, 2.24) is 5.32 Å². The molecule has 0 heterocycles. The predicted molar refractivity (Wildman–Crippen MR) is 82.9 cm³/mol. The lowest BCUT2D eigenvalue weighted by Gasteiger charge is -2.05. The average Bonchev–Trinajstić information content (AvgIpc) is 2.37. The van der Waals surface area contributed by atoms with Crippen LogP contribution in [0.5, 0.6) is 0 Å². The Morgan fingerprint density at radius 2 is 1.94 bits per heavy atom. The normalized spacial score (nSPS) is 9.39. The first-order valence-electron chi connectivity index (χ1n) is 5.83. The maximum absolute atomic E-state index is 11.5. The van der Waals surface area contributed by atoms with E-state index >= 15 is 0 Å². The molecule has 0 saturated carbocycles. The summed E-state index contributed by atoms with van der Waals surface area (Å²) in [7, 11) is 0. The summed E-state index contributed by atoms with van der Waals surface area (Å²) in [6, 6.07) is 5.23. The Bertz CT molecular complexity index is 372. The van der Waals surface area contributed by atoms with Crippen LogP contribution < -0.4 is 5.32 Å². The van der Waals surface area contributed by atoms with Crippen molar-refractivity contribution in [2.75, 3.05) is 18.6 Å². The second-order valence-electron chi connectivity index (χ2n) is 3.27. The Kier molecular flexibility index (Phi) is 10.3. The van der Waals surface area contributed by atoms with Crippen molar-refractivity contribution in [1.29, 1.82) is 0 Å². The number of benzene rings is 1. The molecule has 0 aliphatic heterocycles. The molecule has 0 aliphatic carbocycles. The summed E-state index contributed by atoms with van der Waals surface area (Å²) in [5.41, 5.74) is 0.871. The number of carbonyl (C=O) groups is 1. The summed E-state index contributed by atoms with van der Waals surface area (Å²) in [4.78, 5) is 11.5. The number of halogens is 2. The third kappa shape index (κ3) is 7.14. The zero-order valence-electron chi connectivity index (χ0n) is 10.9. The van der Waals surface area contributed by atoms with E-state index in [4.69, 9.17) is 23.2 Å². The SMILES string of the molecule is CC.CSCCNC(=O)Cc1ccc(Cl)c(Cl)c1. The van der Waals surface area contributed by atoms with Crippen LogP contribution in [0.15, 0.2) is 18.2 Å². The van der Waals surface area contributed by atoms with Gasteiger partial charge in [-0.1, -0.05) is 43.1 Å². The van der Waals surface area contributed by atoms with Crippen molar-refractivity contribution in [3.05, 3.63) is 33.8 Å². The minimum Gasteiger partial charge on any atom is -0.355 e. The molecule has 0 atom stereocenters.